The number of aliphatic hydroxyl groups excluding tert-OH is 1. The quantitative estimate of drug-likeness (QED) is 0.0759. The van der Waals surface area contributed by atoms with Crippen molar-refractivity contribution in [2.75, 3.05) is 13.7 Å². The Bertz CT molecular complexity index is 2530. The highest BCUT2D eigenvalue weighted by Crippen LogP contribution is 1.98. The Morgan fingerprint density at radius 1 is 0.390 bits per heavy atom. The van der Waals surface area contributed by atoms with Crippen molar-refractivity contribution in [3.8, 4) is 155 Å². The number of methoxy groups -OCH3 is 1. The number of allylic oxidation sites excluding steroid dienone is 12. The summed E-state index contributed by atoms with van der Waals surface area (Å²) in [7, 11) is 1.36. The molecule has 0 bridgehead atoms. The number of carbonyl (C=O) groups is 3. The number of rotatable bonds is 19. The van der Waals surface area contributed by atoms with Crippen LogP contribution >= 0.6 is 0 Å². The van der Waals surface area contributed by atoms with E-state index >= 15 is 0 Å². The third-order valence-electron chi connectivity index (χ3n) is 7.92. The number of ketones is 1. The second-order valence-corrected chi connectivity index (χ2v) is 14.4. The van der Waals surface area contributed by atoms with Crippen LogP contribution in [0, 0.1) is 155 Å². The first kappa shape index (κ1) is 77.2. The summed E-state index contributed by atoms with van der Waals surface area (Å²) in [6.45, 7) is 7.85. The van der Waals surface area contributed by atoms with Crippen molar-refractivity contribution < 1.29 is 29.3 Å². The van der Waals surface area contributed by atoms with E-state index in [9.17, 15) is 14.4 Å². The summed E-state index contributed by atoms with van der Waals surface area (Å²) in [6.07, 6.45) is 56.8. The molecule has 0 aromatic carbocycles. The first-order valence-corrected chi connectivity index (χ1v) is 25.9. The molecule has 0 heterocycles. The molecular formula is C71H82O6. The summed E-state index contributed by atoms with van der Waals surface area (Å²) < 4.78 is 4.45. The summed E-state index contributed by atoms with van der Waals surface area (Å²) in [6, 6.07) is 0. The minimum atomic E-state index is -0.741. The first-order valence-electron chi connectivity index (χ1n) is 25.9. The van der Waals surface area contributed by atoms with E-state index in [1.807, 2.05) is 32.9 Å². The zero-order valence-corrected chi connectivity index (χ0v) is 46.9. The molecule has 0 saturated heterocycles. The maximum atomic E-state index is 10.6. The van der Waals surface area contributed by atoms with Gasteiger partial charge >= 0.3 is 11.9 Å². The number of carboxylic acid groups (broad SMARTS) is 1. The predicted molar refractivity (Wildman–Crippen MR) is 324 cm³/mol. The van der Waals surface area contributed by atoms with E-state index in [0.29, 0.717) is 89.9 Å². The molecule has 0 saturated carbocycles. The van der Waals surface area contributed by atoms with Gasteiger partial charge in [0.05, 0.1) is 71.3 Å². The monoisotopic (exact) mass is 1030 g/mol. The van der Waals surface area contributed by atoms with Gasteiger partial charge in [-0.1, -0.05) is 207 Å². The van der Waals surface area contributed by atoms with Crippen molar-refractivity contribution in [3.63, 3.8) is 0 Å². The molecule has 0 aromatic heterocycles. The molecule has 0 rings (SSSR count). The van der Waals surface area contributed by atoms with E-state index in [1.54, 1.807) is 0 Å². The summed E-state index contributed by atoms with van der Waals surface area (Å²) in [5, 5.41) is 16.8. The van der Waals surface area contributed by atoms with Crippen molar-refractivity contribution in [1.29, 1.82) is 0 Å². The molecule has 77 heavy (non-hydrogen) atoms. The highest BCUT2D eigenvalue weighted by molar-refractivity contribution is 5.79. The number of carboxylic acids is 1. The number of Topliss-reactive ketones (excluding diaryl/α,β-unsaturated/α-hetero) is 1. The zero-order valence-electron chi connectivity index (χ0n) is 46.9. The molecule has 402 valence electrons. The van der Waals surface area contributed by atoms with Crippen LogP contribution in [-0.4, -0.2) is 41.7 Å². The summed E-state index contributed by atoms with van der Waals surface area (Å²) in [4.78, 5) is 31.4. The smallest absolute Gasteiger partial charge is 0.306 e. The first-order chi connectivity index (χ1) is 37.7. The number of hydrogen-bond donors (Lipinski definition) is 2. The topological polar surface area (TPSA) is 101 Å². The minimum Gasteiger partial charge on any atom is -0.481 e. The second kappa shape index (κ2) is 78.7. The van der Waals surface area contributed by atoms with Gasteiger partial charge in [0.25, 0.3) is 0 Å². The zero-order chi connectivity index (χ0) is 57.9. The van der Waals surface area contributed by atoms with Gasteiger partial charge in [0.2, 0.25) is 0 Å². The number of ether oxygens (including phenoxy) is 1. The van der Waals surface area contributed by atoms with Crippen molar-refractivity contribution >= 4 is 17.7 Å². The van der Waals surface area contributed by atoms with E-state index in [0.717, 1.165) is 57.8 Å². The number of aliphatic carboxylic acids is 1. The maximum absolute atomic E-state index is 10.6. The van der Waals surface area contributed by atoms with Gasteiger partial charge in [0, 0.05) is 44.9 Å². The van der Waals surface area contributed by atoms with Crippen LogP contribution in [-0.2, 0) is 19.1 Å². The number of hydrogen-bond acceptors (Lipinski definition) is 5. The molecule has 0 aliphatic carbocycles. The lowest BCUT2D eigenvalue weighted by atomic mass is 10.2. The van der Waals surface area contributed by atoms with Gasteiger partial charge in [-0.3, -0.25) is 14.4 Å². The van der Waals surface area contributed by atoms with Crippen molar-refractivity contribution in [2.24, 2.45) is 0 Å². The third kappa shape index (κ3) is 93.8. The maximum Gasteiger partial charge on any atom is 0.306 e. The van der Waals surface area contributed by atoms with Gasteiger partial charge in [0.15, 0.2) is 5.78 Å². The van der Waals surface area contributed by atoms with Gasteiger partial charge < -0.3 is 14.9 Å². The molecule has 0 aliphatic rings. The SMILES string of the molecule is C#CCC#CCC#CCC#CCC#CCC.C#CCC#CCC#CCCC(=O)OC.C#CCC#CCCC(=O)CO.CC/C=C\C/C=C\C/C=C\C/C=C\C/C=C\C/C=C\CCC(=O)O.CCC#CCC#CCC#CCC. The highest BCUT2D eigenvalue weighted by Gasteiger charge is 1.96. The summed E-state index contributed by atoms with van der Waals surface area (Å²) in [5.74, 6) is 63.7. The summed E-state index contributed by atoms with van der Waals surface area (Å²) in [5.41, 5.74) is 0. The Labute approximate surface area is 468 Å². The fourth-order valence-electron chi connectivity index (χ4n) is 4.30. The van der Waals surface area contributed by atoms with Crippen molar-refractivity contribution in [1.82, 2.24) is 0 Å². The molecule has 2 N–H and O–H groups in total. The average Bonchev–Trinajstić information content (AvgIpc) is 3.43. The van der Waals surface area contributed by atoms with Gasteiger partial charge in [0.1, 0.15) is 6.61 Å². The van der Waals surface area contributed by atoms with Crippen LogP contribution in [0.3, 0.4) is 0 Å². The van der Waals surface area contributed by atoms with Crippen LogP contribution < -0.4 is 0 Å². The van der Waals surface area contributed by atoms with Gasteiger partial charge in [-0.25, -0.2) is 0 Å². The van der Waals surface area contributed by atoms with Crippen molar-refractivity contribution in [2.45, 2.75) is 182 Å². The van der Waals surface area contributed by atoms with Crippen LogP contribution in [0.2, 0.25) is 0 Å². The molecule has 0 aliphatic heterocycles. The summed E-state index contributed by atoms with van der Waals surface area (Å²) >= 11 is 0. The normalized spacial score (nSPS) is 8.77. The Hall–Kier alpha value is -8.71. The molecular weight excluding hydrogens is 949 g/mol. The second-order valence-electron chi connectivity index (χ2n) is 14.4. The Morgan fingerprint density at radius 3 is 0.974 bits per heavy atom. The van der Waals surface area contributed by atoms with Crippen LogP contribution in [0.15, 0.2) is 72.9 Å². The minimum absolute atomic E-state index is 0.181. The van der Waals surface area contributed by atoms with Crippen LogP contribution in [0.5, 0.6) is 0 Å². The lowest BCUT2D eigenvalue weighted by molar-refractivity contribution is -0.140. The molecule has 6 heteroatoms. The Morgan fingerprint density at radius 2 is 0.675 bits per heavy atom. The van der Waals surface area contributed by atoms with Crippen LogP contribution in [0.4, 0.5) is 0 Å². The lowest BCUT2D eigenvalue weighted by Gasteiger charge is -1.91. The fourth-order valence-corrected chi connectivity index (χ4v) is 4.30. The molecule has 0 fully saturated rings. The number of terminal acetylenes is 3. The van der Waals surface area contributed by atoms with Gasteiger partial charge in [-0.15, -0.1) is 48.9 Å². The number of esters is 1. The van der Waals surface area contributed by atoms with Gasteiger partial charge in [-0.05, 0) is 44.9 Å². The predicted octanol–water partition coefficient (Wildman–Crippen LogP) is 13.5. The standard InChI is InChI=1S/C22H32O2.C16H14.C12H12O2.C12H14.C9H10O2/c1-2-3-4-5-6-7-8-9-10-11-12-13-14-15-16-17-18-19-20-21-22(23)24;1-3-5-7-9-11-13-15-16-14-12-10-8-6-4-2;1-3-4-5-6-7-8-9-10-11-12(13)14-2;1-3-5-7-9-11-12-10-8-6-4-2;1-2-3-4-5-6-7-9(11)8-10/h3-4,6-7,9-10,12-13,15-16,18-19H,2,5,8,11,14,17,20-21H2,1H3,(H,23,24);1H,4-5,10-11,16H2,2H3;1H,4,7,10-11H2,2H3;3-4,9-10H2,1-2H3;1,10H,3,6-8H2/b4-3-,7-6-,10-9-,13-12-,16-15-,19-18-;;;;. The fraction of sp³-hybridized carbons (Fsp3) is 0.423. The molecule has 0 aromatic rings. The average molecular weight is 1030 g/mol. The molecule has 0 atom stereocenters. The van der Waals surface area contributed by atoms with E-state index in [-0.39, 0.29) is 18.2 Å². The largest absolute Gasteiger partial charge is 0.481 e. The van der Waals surface area contributed by atoms with Gasteiger partial charge in [-0.2, -0.15) is 0 Å². The molecule has 0 amide bonds. The number of aliphatic hydroxyl groups is 1. The molecule has 0 spiro atoms. The number of carbonyl (C=O) groups excluding carboxylic acids is 2. The molecule has 0 radical (unpaired) electrons. The van der Waals surface area contributed by atoms with E-state index in [2.05, 4.69) is 209 Å². The lowest BCUT2D eigenvalue weighted by Crippen LogP contribution is -2.01. The molecule has 6 nitrogen and oxygen atoms in total. The van der Waals surface area contributed by atoms with E-state index in [4.69, 9.17) is 29.5 Å². The highest BCUT2D eigenvalue weighted by atomic mass is 16.5. The Balaban J connectivity index is -0.000000290. The van der Waals surface area contributed by atoms with E-state index in [1.165, 1.54) is 7.11 Å². The third-order valence-corrected chi connectivity index (χ3v) is 7.92. The van der Waals surface area contributed by atoms with E-state index < -0.39 is 12.6 Å². The van der Waals surface area contributed by atoms with Crippen LogP contribution in [0.1, 0.15) is 182 Å². The molecule has 0 unspecified atom stereocenters. The Kier molecular flexibility index (Phi) is 78.9. The van der Waals surface area contributed by atoms with Crippen molar-refractivity contribution in [3.05, 3.63) is 72.9 Å². The van der Waals surface area contributed by atoms with Crippen LogP contribution in [0.25, 0.3) is 0 Å².